The van der Waals surface area contributed by atoms with Gasteiger partial charge in [0.2, 0.25) is 11.8 Å². The summed E-state index contributed by atoms with van der Waals surface area (Å²) in [7, 11) is 0. The number of carbonyl (C=O) groups excluding carboxylic acids is 3. The summed E-state index contributed by atoms with van der Waals surface area (Å²) in [5, 5.41) is 19.6. The van der Waals surface area contributed by atoms with Crippen molar-refractivity contribution in [3.8, 4) is 22.5 Å². The molecule has 408 valence electrons. The number of aromatic nitrogens is 4. The molecule has 10 rings (SSSR count). The third kappa shape index (κ3) is 15.7. The lowest BCUT2D eigenvalue weighted by molar-refractivity contribution is -0.117. The Morgan fingerprint density at radius 1 is 0.620 bits per heavy atom. The first-order valence-corrected chi connectivity index (χ1v) is 25.2. The van der Waals surface area contributed by atoms with Crippen LogP contribution >= 0.6 is 23.2 Å². The lowest BCUT2D eigenvalue weighted by Gasteiger charge is -2.31. The third-order valence-corrected chi connectivity index (χ3v) is 12.9. The molecule has 2 aliphatic rings. The van der Waals surface area contributed by atoms with Crippen LogP contribution in [-0.4, -0.2) is 91.7 Å². The van der Waals surface area contributed by atoms with E-state index in [1.54, 1.807) is 91.3 Å². The summed E-state index contributed by atoms with van der Waals surface area (Å²) in [6, 6.07) is 23.9. The Balaban J connectivity index is 0.000000185. The number of nitrogens with two attached hydrogens (primary N) is 2. The van der Waals surface area contributed by atoms with Crippen LogP contribution in [0.25, 0.3) is 56.6 Å². The minimum Gasteiger partial charge on any atom is -0.478 e. The first kappa shape index (κ1) is 56.5. The molecular weight excluding hydrogens is 1070 g/mol. The number of amides is 3. The maximum atomic E-state index is 13.4. The summed E-state index contributed by atoms with van der Waals surface area (Å²) in [5.41, 5.74) is 16.6. The normalized spacial score (nSPS) is 14.8. The molecule has 2 saturated heterocycles. The zero-order chi connectivity index (χ0) is 56.3. The van der Waals surface area contributed by atoms with Gasteiger partial charge in [0, 0.05) is 111 Å². The molecule has 2 fully saturated rings. The standard InChI is InChI=1S/C28H24ClF2N5O3.C23H17ClN4O4.C5H9F2N/c29-22-13-19(23-4-3-18(15-33-23)27(38)36-9-7-28(30,31)8-10-36)11-20-12-21(39-26(20)22)16-35-25(37)6-2-17-1-5-24(32)34-14-17;24-18-9-15(19-4-3-14(11-26-19)23(30)31)7-16-8-17(32-22(16)18)12-28-21(29)6-2-13-1-5-20(25)27-10-13;6-5(7)1-3-8-4-2-5/h1-6,11-15H,7-10,16H2,(H2,32,34)(H,35,37);1-11H,12H2,(H2,25,27)(H,28,29)(H,30,31);8H,1-4H2/b2*6-2+;. The predicted molar refractivity (Wildman–Crippen MR) is 292 cm³/mol. The molecule has 0 atom stereocenters. The summed E-state index contributed by atoms with van der Waals surface area (Å²) < 4.78 is 62.8. The van der Waals surface area contributed by atoms with Gasteiger partial charge in [-0.3, -0.25) is 24.4 Å². The molecule has 79 heavy (non-hydrogen) atoms. The SMILES string of the molecule is FC1(F)CCNCC1.Nc1ccc(/C=C/C(=O)NCc2cc3cc(-c4ccc(C(=O)N5CCC(F)(F)CC5)cn4)cc(Cl)c3o2)cn1.Nc1ccc(/C=C/C(=O)NCc2cc3cc(-c4ccc(C(=O)O)cn4)cc(Cl)c3o2)cn1. The van der Waals surface area contributed by atoms with E-state index in [0.717, 1.165) is 27.5 Å². The molecule has 8 N–H and O–H groups in total. The number of halogens is 6. The number of benzene rings is 2. The number of carboxylic acid groups (broad SMARTS) is 1. The van der Waals surface area contributed by atoms with Crippen LogP contribution in [0, 0.1) is 0 Å². The number of likely N-dealkylation sites (tertiary alicyclic amines) is 1. The Morgan fingerprint density at radius 3 is 1.47 bits per heavy atom. The maximum absolute atomic E-state index is 13.4. The molecule has 0 bridgehead atoms. The molecular formula is C56H50Cl2F4N10O7. The van der Waals surface area contributed by atoms with Crippen LogP contribution in [0.2, 0.25) is 10.0 Å². The van der Waals surface area contributed by atoms with Gasteiger partial charge in [-0.1, -0.05) is 23.2 Å². The number of aromatic carboxylic acids is 1. The van der Waals surface area contributed by atoms with Gasteiger partial charge in [0.25, 0.3) is 17.8 Å². The van der Waals surface area contributed by atoms with Crippen LogP contribution in [-0.2, 0) is 22.7 Å². The van der Waals surface area contributed by atoms with Crippen LogP contribution < -0.4 is 27.4 Å². The number of carbonyl (C=O) groups is 4. The number of nitrogen functional groups attached to an aromatic ring is 2. The van der Waals surface area contributed by atoms with E-state index in [0.29, 0.717) is 80.0 Å². The highest BCUT2D eigenvalue weighted by Crippen LogP contribution is 2.35. The van der Waals surface area contributed by atoms with Gasteiger partial charge in [0.1, 0.15) is 23.2 Å². The van der Waals surface area contributed by atoms with Crippen LogP contribution in [0.4, 0.5) is 29.2 Å². The highest BCUT2D eigenvalue weighted by molar-refractivity contribution is 6.35. The van der Waals surface area contributed by atoms with Crippen molar-refractivity contribution in [1.82, 2.24) is 40.8 Å². The average Bonchev–Trinajstić information content (AvgIpc) is 4.28. The fourth-order valence-electron chi connectivity index (χ4n) is 8.03. The van der Waals surface area contributed by atoms with Gasteiger partial charge < -0.3 is 46.3 Å². The van der Waals surface area contributed by atoms with E-state index >= 15 is 0 Å². The number of alkyl halides is 4. The molecule has 0 aliphatic carbocycles. The number of carboxylic acids is 1. The molecule has 0 radical (unpaired) electrons. The number of rotatable bonds is 12. The second-order valence-electron chi connectivity index (χ2n) is 18.2. The van der Waals surface area contributed by atoms with Crippen molar-refractivity contribution in [2.75, 3.05) is 37.6 Å². The second-order valence-corrected chi connectivity index (χ2v) is 19.1. The summed E-state index contributed by atoms with van der Waals surface area (Å²) in [4.78, 5) is 65.9. The molecule has 0 saturated carbocycles. The van der Waals surface area contributed by atoms with Gasteiger partial charge >= 0.3 is 5.97 Å². The number of furan rings is 2. The van der Waals surface area contributed by atoms with E-state index in [-0.39, 0.29) is 75.1 Å². The molecule has 2 aromatic carbocycles. The number of nitrogens with zero attached hydrogens (tertiary/aromatic N) is 5. The van der Waals surface area contributed by atoms with E-state index in [1.807, 2.05) is 12.1 Å². The number of hydrogen-bond acceptors (Lipinski definition) is 13. The smallest absolute Gasteiger partial charge is 0.337 e. The first-order chi connectivity index (χ1) is 37.8. The molecule has 23 heteroatoms. The Hall–Kier alpha value is -8.66. The maximum Gasteiger partial charge on any atom is 0.337 e. The van der Waals surface area contributed by atoms with Gasteiger partial charge in [-0.2, -0.15) is 0 Å². The molecule has 6 aromatic heterocycles. The summed E-state index contributed by atoms with van der Waals surface area (Å²) >= 11 is 12.8. The first-order valence-electron chi connectivity index (χ1n) is 24.5. The average molecular weight is 1120 g/mol. The van der Waals surface area contributed by atoms with E-state index in [1.165, 1.54) is 35.5 Å². The minimum atomic E-state index is -2.72. The van der Waals surface area contributed by atoms with Gasteiger partial charge in [-0.25, -0.2) is 32.3 Å². The quantitative estimate of drug-likeness (QED) is 0.0491. The zero-order valence-electron chi connectivity index (χ0n) is 41.8. The Morgan fingerprint density at radius 2 is 1.08 bits per heavy atom. The zero-order valence-corrected chi connectivity index (χ0v) is 43.3. The van der Waals surface area contributed by atoms with Crippen molar-refractivity contribution < 1.29 is 50.7 Å². The second kappa shape index (κ2) is 25.2. The predicted octanol–water partition coefficient (Wildman–Crippen LogP) is 10.5. The number of anilines is 2. The van der Waals surface area contributed by atoms with Crippen LogP contribution in [0.15, 0.2) is 131 Å². The number of pyridine rings is 4. The van der Waals surface area contributed by atoms with Gasteiger partial charge in [0.05, 0.1) is 45.6 Å². The lowest BCUT2D eigenvalue weighted by atomic mass is 10.1. The van der Waals surface area contributed by atoms with Crippen molar-refractivity contribution in [2.24, 2.45) is 0 Å². The summed E-state index contributed by atoms with van der Waals surface area (Å²) in [6.07, 6.45) is 11.3. The van der Waals surface area contributed by atoms with Gasteiger partial charge in [0.15, 0.2) is 11.2 Å². The van der Waals surface area contributed by atoms with Crippen LogP contribution in [0.3, 0.4) is 0 Å². The Kier molecular flexibility index (Phi) is 18.0. The van der Waals surface area contributed by atoms with E-state index in [9.17, 15) is 36.7 Å². The topological polar surface area (TPSA) is 258 Å². The molecule has 2 aliphatic heterocycles. The molecule has 0 unspecified atom stereocenters. The highest BCUT2D eigenvalue weighted by Gasteiger charge is 2.36. The van der Waals surface area contributed by atoms with Crippen molar-refractivity contribution in [1.29, 1.82) is 0 Å². The molecule has 8 aromatic rings. The monoisotopic (exact) mass is 1120 g/mol. The van der Waals surface area contributed by atoms with Crippen molar-refractivity contribution >= 4 is 92.6 Å². The van der Waals surface area contributed by atoms with Crippen LogP contribution in [0.5, 0.6) is 0 Å². The Labute approximate surface area is 458 Å². The van der Waals surface area contributed by atoms with Gasteiger partial charge in [-0.15, -0.1) is 0 Å². The van der Waals surface area contributed by atoms with Crippen molar-refractivity contribution in [2.45, 2.75) is 50.6 Å². The van der Waals surface area contributed by atoms with Crippen molar-refractivity contribution in [3.63, 3.8) is 0 Å². The highest BCUT2D eigenvalue weighted by atomic mass is 35.5. The fourth-order valence-corrected chi connectivity index (χ4v) is 8.56. The lowest BCUT2D eigenvalue weighted by Crippen LogP contribution is -2.42. The van der Waals surface area contributed by atoms with Gasteiger partial charge in [-0.05, 0) is 108 Å². The summed E-state index contributed by atoms with van der Waals surface area (Å²) in [6.45, 7) is 1.29. The largest absolute Gasteiger partial charge is 0.478 e. The minimum absolute atomic E-state index is 0.00694. The van der Waals surface area contributed by atoms with Crippen molar-refractivity contribution in [3.05, 3.63) is 166 Å². The van der Waals surface area contributed by atoms with E-state index in [2.05, 4.69) is 35.9 Å². The fraction of sp³-hybridized carbons (Fsp3) is 0.214. The molecule has 0 spiro atoms. The van der Waals surface area contributed by atoms with E-state index in [4.69, 9.17) is 48.6 Å². The number of piperidine rings is 2. The van der Waals surface area contributed by atoms with E-state index < -0.39 is 17.8 Å². The van der Waals surface area contributed by atoms with Crippen LogP contribution in [0.1, 0.15) is 69.0 Å². The Bertz CT molecular complexity index is 3520. The molecule has 3 amide bonds. The number of hydrogen-bond donors (Lipinski definition) is 6. The number of fused-ring (bicyclic) bond motifs is 2. The number of nitrogens with one attached hydrogen (secondary N) is 3. The molecule has 8 heterocycles. The third-order valence-electron chi connectivity index (χ3n) is 12.3. The molecule has 17 nitrogen and oxygen atoms in total. The summed E-state index contributed by atoms with van der Waals surface area (Å²) in [5.74, 6) is -5.22.